The van der Waals surface area contributed by atoms with Gasteiger partial charge in [-0.05, 0) is 18.8 Å². The molecule has 1 aromatic heterocycles. The molecule has 0 aliphatic carbocycles. The molecule has 3 heterocycles. The van der Waals surface area contributed by atoms with E-state index in [0.29, 0.717) is 0 Å². The van der Waals surface area contributed by atoms with Crippen LogP contribution in [0.4, 0.5) is 11.6 Å². The van der Waals surface area contributed by atoms with E-state index in [2.05, 4.69) is 32.8 Å². The summed E-state index contributed by atoms with van der Waals surface area (Å²) in [6, 6.07) is 2.09. The Hall–Kier alpha value is -1.85. The van der Waals surface area contributed by atoms with Crippen molar-refractivity contribution in [2.75, 3.05) is 49.1 Å². The third-order valence-electron chi connectivity index (χ3n) is 4.53. The molecule has 1 aromatic rings. The van der Waals surface area contributed by atoms with Gasteiger partial charge >= 0.3 is 0 Å². The predicted molar refractivity (Wildman–Crippen MR) is 82.5 cm³/mol. The largest absolute Gasteiger partial charge is 0.356 e. The number of rotatable bonds is 3. The Kier molecular flexibility index (Phi) is 4.22. The number of piperidine rings is 1. The fourth-order valence-electron chi connectivity index (χ4n) is 2.98. The van der Waals surface area contributed by atoms with Crippen LogP contribution in [-0.2, 0) is 4.79 Å². The molecule has 0 unspecified atom stereocenters. The Balaban J connectivity index is 1.67. The van der Waals surface area contributed by atoms with Crippen molar-refractivity contribution in [2.45, 2.75) is 19.8 Å². The fourth-order valence-corrected chi connectivity index (χ4v) is 2.98. The van der Waals surface area contributed by atoms with Gasteiger partial charge in [0.15, 0.2) is 0 Å². The van der Waals surface area contributed by atoms with Crippen molar-refractivity contribution in [2.24, 2.45) is 5.92 Å². The normalized spacial score (nSPS) is 20.7. The Morgan fingerprint density at radius 3 is 2.14 bits per heavy atom. The lowest BCUT2D eigenvalue weighted by atomic mass is 9.99. The average Bonchev–Trinajstić information content (AvgIpc) is 2.56. The highest BCUT2D eigenvalue weighted by atomic mass is 16.1. The van der Waals surface area contributed by atoms with Crippen molar-refractivity contribution < 1.29 is 4.79 Å². The van der Waals surface area contributed by atoms with Crippen LogP contribution < -0.4 is 9.80 Å². The van der Waals surface area contributed by atoms with Crippen molar-refractivity contribution in [3.63, 3.8) is 0 Å². The van der Waals surface area contributed by atoms with Gasteiger partial charge in [-0.25, -0.2) is 9.97 Å². The molecule has 2 aliphatic heterocycles. The van der Waals surface area contributed by atoms with Gasteiger partial charge < -0.3 is 14.7 Å². The molecule has 3 rings (SSSR count). The second kappa shape index (κ2) is 6.28. The van der Waals surface area contributed by atoms with E-state index in [1.165, 1.54) is 12.8 Å². The van der Waals surface area contributed by atoms with Crippen molar-refractivity contribution in [3.05, 3.63) is 12.4 Å². The van der Waals surface area contributed by atoms with Gasteiger partial charge in [0.05, 0.1) is 0 Å². The second-order valence-electron chi connectivity index (χ2n) is 6.03. The molecular formula is C15H23N5O. The summed E-state index contributed by atoms with van der Waals surface area (Å²) in [5.74, 6) is 2.83. The minimum absolute atomic E-state index is 0.768. The molecule has 114 valence electrons. The van der Waals surface area contributed by atoms with Crippen LogP contribution in [0, 0.1) is 5.92 Å². The van der Waals surface area contributed by atoms with E-state index in [9.17, 15) is 4.79 Å². The first-order valence-electron chi connectivity index (χ1n) is 7.77. The zero-order chi connectivity index (χ0) is 14.7. The molecule has 0 saturated carbocycles. The SMILES string of the molecule is CC1CCN(c2cc(N3CCN(C=O)CC3)ncn2)CC1. The van der Waals surface area contributed by atoms with Crippen LogP contribution in [0.3, 0.4) is 0 Å². The molecule has 6 heteroatoms. The molecule has 0 aromatic carbocycles. The molecule has 2 aliphatic rings. The summed E-state index contributed by atoms with van der Waals surface area (Å²) in [5.41, 5.74) is 0. The van der Waals surface area contributed by atoms with E-state index in [-0.39, 0.29) is 0 Å². The van der Waals surface area contributed by atoms with Gasteiger partial charge in [-0.3, -0.25) is 4.79 Å². The molecule has 0 atom stereocenters. The monoisotopic (exact) mass is 289 g/mol. The first-order chi connectivity index (χ1) is 10.3. The van der Waals surface area contributed by atoms with Gasteiger partial charge in [0, 0.05) is 45.3 Å². The molecule has 0 bridgehead atoms. The van der Waals surface area contributed by atoms with Crippen LogP contribution in [0.25, 0.3) is 0 Å². The van der Waals surface area contributed by atoms with Gasteiger partial charge in [0.2, 0.25) is 6.41 Å². The van der Waals surface area contributed by atoms with Crippen LogP contribution in [0.2, 0.25) is 0 Å². The summed E-state index contributed by atoms with van der Waals surface area (Å²) in [6.45, 7) is 7.69. The average molecular weight is 289 g/mol. The highest BCUT2D eigenvalue weighted by Crippen LogP contribution is 2.23. The molecule has 21 heavy (non-hydrogen) atoms. The summed E-state index contributed by atoms with van der Waals surface area (Å²) in [4.78, 5) is 26.0. The lowest BCUT2D eigenvalue weighted by Gasteiger charge is -2.34. The van der Waals surface area contributed by atoms with E-state index in [1.807, 2.05) is 4.90 Å². The lowest BCUT2D eigenvalue weighted by Crippen LogP contribution is -2.46. The van der Waals surface area contributed by atoms with Crippen molar-refractivity contribution >= 4 is 18.0 Å². The van der Waals surface area contributed by atoms with Gasteiger partial charge in [0.1, 0.15) is 18.0 Å². The molecule has 2 fully saturated rings. The van der Waals surface area contributed by atoms with Gasteiger partial charge in [-0.2, -0.15) is 0 Å². The van der Waals surface area contributed by atoms with E-state index < -0.39 is 0 Å². The van der Waals surface area contributed by atoms with Gasteiger partial charge in [0.25, 0.3) is 0 Å². The van der Waals surface area contributed by atoms with Crippen molar-refractivity contribution in [3.8, 4) is 0 Å². The van der Waals surface area contributed by atoms with Crippen molar-refractivity contribution in [1.29, 1.82) is 0 Å². The Bertz CT molecular complexity index is 479. The van der Waals surface area contributed by atoms with E-state index in [4.69, 9.17) is 0 Å². The number of hydrogen-bond acceptors (Lipinski definition) is 5. The molecule has 0 radical (unpaired) electrons. The maximum Gasteiger partial charge on any atom is 0.209 e. The molecule has 1 amide bonds. The van der Waals surface area contributed by atoms with Gasteiger partial charge in [-0.1, -0.05) is 6.92 Å². The summed E-state index contributed by atoms with van der Waals surface area (Å²) < 4.78 is 0. The summed E-state index contributed by atoms with van der Waals surface area (Å²) in [7, 11) is 0. The van der Waals surface area contributed by atoms with Crippen LogP contribution in [0.1, 0.15) is 19.8 Å². The molecule has 6 nitrogen and oxygen atoms in total. The number of hydrogen-bond donors (Lipinski definition) is 0. The number of amides is 1. The third-order valence-corrected chi connectivity index (χ3v) is 4.53. The predicted octanol–water partition coefficient (Wildman–Crippen LogP) is 0.991. The number of anilines is 2. The topological polar surface area (TPSA) is 52.6 Å². The Morgan fingerprint density at radius 1 is 1.00 bits per heavy atom. The molecule has 0 N–H and O–H groups in total. The molecule has 0 spiro atoms. The smallest absolute Gasteiger partial charge is 0.209 e. The number of aromatic nitrogens is 2. The van der Waals surface area contributed by atoms with Crippen LogP contribution in [0.5, 0.6) is 0 Å². The van der Waals surface area contributed by atoms with E-state index >= 15 is 0 Å². The number of carbonyl (C=O) groups excluding carboxylic acids is 1. The van der Waals surface area contributed by atoms with Crippen molar-refractivity contribution in [1.82, 2.24) is 14.9 Å². The summed E-state index contributed by atoms with van der Waals surface area (Å²) in [6.07, 6.45) is 5.06. The standard InChI is InChI=1S/C15H23N5O/c1-13-2-4-19(5-3-13)14-10-15(17-11-16-14)20-8-6-18(12-21)7-9-20/h10-13H,2-9H2,1H3. The molecule has 2 saturated heterocycles. The van der Waals surface area contributed by atoms with Gasteiger partial charge in [-0.15, -0.1) is 0 Å². The number of piperazine rings is 1. The number of nitrogens with zero attached hydrogens (tertiary/aromatic N) is 5. The maximum absolute atomic E-state index is 10.8. The van der Waals surface area contributed by atoms with E-state index in [0.717, 1.165) is 63.2 Å². The minimum Gasteiger partial charge on any atom is -0.356 e. The zero-order valence-electron chi connectivity index (χ0n) is 12.6. The highest BCUT2D eigenvalue weighted by Gasteiger charge is 2.20. The first-order valence-corrected chi connectivity index (χ1v) is 7.77. The fraction of sp³-hybridized carbons (Fsp3) is 0.667. The number of carbonyl (C=O) groups is 1. The maximum atomic E-state index is 10.8. The second-order valence-corrected chi connectivity index (χ2v) is 6.03. The van der Waals surface area contributed by atoms with Crippen LogP contribution in [-0.4, -0.2) is 60.5 Å². The van der Waals surface area contributed by atoms with Crippen LogP contribution in [0.15, 0.2) is 12.4 Å². The van der Waals surface area contributed by atoms with E-state index in [1.54, 1.807) is 6.33 Å². The summed E-state index contributed by atoms with van der Waals surface area (Å²) in [5, 5.41) is 0. The summed E-state index contributed by atoms with van der Waals surface area (Å²) >= 11 is 0. The quantitative estimate of drug-likeness (QED) is 0.777. The first kappa shape index (κ1) is 14.1. The zero-order valence-corrected chi connectivity index (χ0v) is 12.6. The molecular weight excluding hydrogens is 266 g/mol. The van der Waals surface area contributed by atoms with Crippen LogP contribution >= 0.6 is 0 Å². The lowest BCUT2D eigenvalue weighted by molar-refractivity contribution is -0.118. The highest BCUT2D eigenvalue weighted by molar-refractivity contribution is 5.52. The third kappa shape index (κ3) is 3.25. The minimum atomic E-state index is 0.768. The Labute approximate surface area is 125 Å². The Morgan fingerprint density at radius 2 is 1.57 bits per heavy atom.